The molecule has 0 atom stereocenters. The van der Waals surface area contributed by atoms with Gasteiger partial charge in [0.15, 0.2) is 0 Å². The van der Waals surface area contributed by atoms with Gasteiger partial charge in [0.05, 0.1) is 0 Å². The standard InChI is InChI=1S/C34H30Si2/c1-35(2,3)20-18-26-22-25(23-27(24-26)19-21-36(4,5)6)10-11-28-12-13-31-15-14-29-8-7-9-30-16-17-32(28)34(31)33(29)30/h7-9,12-17,22-24H,1-6H3. The van der Waals surface area contributed by atoms with E-state index in [9.17, 15) is 0 Å². The summed E-state index contributed by atoms with van der Waals surface area (Å²) < 4.78 is 0. The van der Waals surface area contributed by atoms with Gasteiger partial charge in [0.2, 0.25) is 0 Å². The molecule has 5 rings (SSSR count). The summed E-state index contributed by atoms with van der Waals surface area (Å²) in [5, 5.41) is 7.63. The van der Waals surface area contributed by atoms with Gasteiger partial charge in [-0.1, -0.05) is 111 Å². The van der Waals surface area contributed by atoms with E-state index in [0.717, 1.165) is 22.3 Å². The Balaban J connectivity index is 1.65. The normalized spacial score (nSPS) is 11.5. The fourth-order valence-electron chi connectivity index (χ4n) is 4.35. The van der Waals surface area contributed by atoms with Crippen LogP contribution in [0.4, 0.5) is 0 Å². The van der Waals surface area contributed by atoms with Crippen molar-refractivity contribution in [1.29, 1.82) is 0 Å². The van der Waals surface area contributed by atoms with Crippen molar-refractivity contribution >= 4 is 48.5 Å². The molecule has 0 saturated heterocycles. The van der Waals surface area contributed by atoms with Gasteiger partial charge in [0.25, 0.3) is 0 Å². The molecule has 0 radical (unpaired) electrons. The number of rotatable bonds is 0. The van der Waals surface area contributed by atoms with Gasteiger partial charge in [-0.25, -0.2) is 0 Å². The summed E-state index contributed by atoms with van der Waals surface area (Å²) in [4.78, 5) is 0. The van der Waals surface area contributed by atoms with E-state index in [1.54, 1.807) is 0 Å². The Morgan fingerprint density at radius 2 is 0.944 bits per heavy atom. The van der Waals surface area contributed by atoms with Gasteiger partial charge in [0.1, 0.15) is 16.1 Å². The average Bonchev–Trinajstić information content (AvgIpc) is 2.83. The lowest BCUT2D eigenvalue weighted by Crippen LogP contribution is -2.16. The first-order valence-corrected chi connectivity index (χ1v) is 19.5. The summed E-state index contributed by atoms with van der Waals surface area (Å²) in [5.41, 5.74) is 11.0. The van der Waals surface area contributed by atoms with E-state index >= 15 is 0 Å². The maximum absolute atomic E-state index is 3.49. The zero-order valence-corrected chi connectivity index (χ0v) is 23.9. The third-order valence-corrected chi connectivity index (χ3v) is 7.72. The third-order valence-electron chi connectivity index (χ3n) is 5.97. The second-order valence-electron chi connectivity index (χ2n) is 11.5. The lowest BCUT2D eigenvalue weighted by Gasteiger charge is -2.11. The molecule has 0 aliphatic carbocycles. The van der Waals surface area contributed by atoms with Crippen molar-refractivity contribution in [2.75, 3.05) is 0 Å². The summed E-state index contributed by atoms with van der Waals surface area (Å²) in [6, 6.07) is 26.0. The summed E-state index contributed by atoms with van der Waals surface area (Å²) in [7, 11) is -2.97. The van der Waals surface area contributed by atoms with Gasteiger partial charge in [-0.05, 0) is 56.6 Å². The molecule has 0 unspecified atom stereocenters. The topological polar surface area (TPSA) is 0 Å². The molecule has 0 amide bonds. The van der Waals surface area contributed by atoms with Crippen molar-refractivity contribution in [3.63, 3.8) is 0 Å². The second-order valence-corrected chi connectivity index (χ2v) is 21.0. The van der Waals surface area contributed by atoms with Crippen LogP contribution in [0.25, 0.3) is 32.3 Å². The van der Waals surface area contributed by atoms with Crippen LogP contribution in [-0.2, 0) is 0 Å². The van der Waals surface area contributed by atoms with Gasteiger partial charge in [-0.3, -0.25) is 0 Å². The third kappa shape index (κ3) is 5.25. The molecule has 0 nitrogen and oxygen atoms in total. The Bertz CT molecular complexity index is 1740. The van der Waals surface area contributed by atoms with Gasteiger partial charge >= 0.3 is 0 Å². The predicted molar refractivity (Wildman–Crippen MR) is 163 cm³/mol. The number of hydrogen-bond donors (Lipinski definition) is 0. The van der Waals surface area contributed by atoms with Crippen LogP contribution in [-0.4, -0.2) is 16.1 Å². The highest BCUT2D eigenvalue weighted by Crippen LogP contribution is 2.35. The van der Waals surface area contributed by atoms with E-state index in [2.05, 4.69) is 147 Å². The summed E-state index contributed by atoms with van der Waals surface area (Å²) >= 11 is 0. The van der Waals surface area contributed by atoms with Crippen molar-refractivity contribution in [3.05, 3.63) is 95.1 Å². The zero-order valence-electron chi connectivity index (χ0n) is 21.9. The van der Waals surface area contributed by atoms with Crippen LogP contribution in [0.15, 0.2) is 72.8 Å². The van der Waals surface area contributed by atoms with E-state index in [0.29, 0.717) is 0 Å². The minimum absolute atomic E-state index is 0.961. The van der Waals surface area contributed by atoms with Crippen molar-refractivity contribution in [3.8, 4) is 34.8 Å². The minimum atomic E-state index is -1.48. The summed E-state index contributed by atoms with van der Waals surface area (Å²) in [5.74, 6) is 13.8. The van der Waals surface area contributed by atoms with Gasteiger partial charge < -0.3 is 0 Å². The molecule has 0 aromatic heterocycles. The molecule has 36 heavy (non-hydrogen) atoms. The van der Waals surface area contributed by atoms with Crippen molar-refractivity contribution < 1.29 is 0 Å². The molecule has 0 aliphatic heterocycles. The maximum atomic E-state index is 3.49. The molecule has 5 aromatic rings. The van der Waals surface area contributed by atoms with Crippen LogP contribution in [0, 0.1) is 34.8 Å². The molecule has 0 N–H and O–H groups in total. The molecule has 2 heteroatoms. The van der Waals surface area contributed by atoms with Gasteiger partial charge in [-0.15, -0.1) is 11.1 Å². The molecule has 0 saturated carbocycles. The Kier molecular flexibility index (Phi) is 6.02. The van der Waals surface area contributed by atoms with Crippen LogP contribution in [0.5, 0.6) is 0 Å². The summed E-state index contributed by atoms with van der Waals surface area (Å²) in [6.07, 6.45) is 0. The highest BCUT2D eigenvalue weighted by molar-refractivity contribution is 6.84. The fourth-order valence-corrected chi connectivity index (χ4v) is 5.39. The fraction of sp³-hybridized carbons (Fsp3) is 0.176. The van der Waals surface area contributed by atoms with E-state index in [1.807, 2.05) is 0 Å². The largest absolute Gasteiger partial charge is 0.129 e. The first-order valence-electron chi connectivity index (χ1n) is 12.5. The average molecular weight is 495 g/mol. The first-order chi connectivity index (χ1) is 17.1. The monoisotopic (exact) mass is 494 g/mol. The molecule has 0 fully saturated rings. The molecule has 0 bridgehead atoms. The van der Waals surface area contributed by atoms with Crippen molar-refractivity contribution in [2.24, 2.45) is 0 Å². The van der Waals surface area contributed by atoms with Crippen LogP contribution < -0.4 is 0 Å². The van der Waals surface area contributed by atoms with Crippen molar-refractivity contribution in [1.82, 2.24) is 0 Å². The molecule has 174 valence electrons. The molecule has 0 spiro atoms. The van der Waals surface area contributed by atoms with Gasteiger partial charge in [0, 0.05) is 22.3 Å². The molecular formula is C34H30Si2. The van der Waals surface area contributed by atoms with Crippen molar-refractivity contribution in [2.45, 2.75) is 39.3 Å². The van der Waals surface area contributed by atoms with Gasteiger partial charge in [-0.2, -0.15) is 0 Å². The van der Waals surface area contributed by atoms with E-state index in [4.69, 9.17) is 0 Å². The van der Waals surface area contributed by atoms with E-state index < -0.39 is 16.1 Å². The molecule has 0 heterocycles. The Labute approximate surface area is 217 Å². The van der Waals surface area contributed by atoms with Crippen LogP contribution >= 0.6 is 0 Å². The summed E-state index contributed by atoms with van der Waals surface area (Å²) in [6.45, 7) is 13.6. The highest BCUT2D eigenvalue weighted by Gasteiger charge is 2.11. The second kappa shape index (κ2) is 9.04. The van der Waals surface area contributed by atoms with Crippen LogP contribution in [0.1, 0.15) is 22.3 Å². The Morgan fingerprint density at radius 1 is 0.472 bits per heavy atom. The van der Waals surface area contributed by atoms with E-state index in [-0.39, 0.29) is 0 Å². The van der Waals surface area contributed by atoms with Crippen LogP contribution in [0.3, 0.4) is 0 Å². The Hall–Kier alpha value is -3.75. The molecule has 5 aromatic carbocycles. The predicted octanol–water partition coefficient (Wildman–Crippen LogP) is 8.44. The quantitative estimate of drug-likeness (QED) is 0.115. The zero-order chi connectivity index (χ0) is 25.5. The lowest BCUT2D eigenvalue weighted by molar-refractivity contribution is 1.55. The van der Waals surface area contributed by atoms with Crippen LogP contribution in [0.2, 0.25) is 39.3 Å². The highest BCUT2D eigenvalue weighted by atomic mass is 28.3. The minimum Gasteiger partial charge on any atom is -0.127 e. The SMILES string of the molecule is C[Si](C)(C)C#Cc1cc(C#Cc2ccc3ccc4cccc5ccc2c3c45)cc(C#C[Si](C)(C)C)c1. The Morgan fingerprint density at radius 3 is 1.50 bits per heavy atom. The smallest absolute Gasteiger partial charge is 0.127 e. The van der Waals surface area contributed by atoms with E-state index in [1.165, 1.54) is 32.3 Å². The number of hydrogen-bond acceptors (Lipinski definition) is 0. The lowest BCUT2D eigenvalue weighted by atomic mass is 9.92. The molecular weight excluding hydrogens is 465 g/mol. The first kappa shape index (κ1) is 24.0. The maximum Gasteiger partial charge on any atom is 0.129 e. The molecule has 0 aliphatic rings. The number of benzene rings is 5.